The lowest BCUT2D eigenvalue weighted by Gasteiger charge is -2.10. The van der Waals surface area contributed by atoms with Crippen molar-refractivity contribution >= 4 is 5.97 Å². The molecule has 98 valence electrons. The van der Waals surface area contributed by atoms with Gasteiger partial charge in [-0.3, -0.25) is 4.79 Å². The van der Waals surface area contributed by atoms with Gasteiger partial charge in [0.15, 0.2) is 23.1 Å². The average molecular weight is 262 g/mol. The largest absolute Gasteiger partial charge is 0.504 e. The summed E-state index contributed by atoms with van der Waals surface area (Å²) < 4.78 is 18.7. The van der Waals surface area contributed by atoms with Gasteiger partial charge in [0.25, 0.3) is 0 Å². The number of para-hydroxylation sites is 2. The number of hydrogen-bond acceptors (Lipinski definition) is 3. The smallest absolute Gasteiger partial charge is 0.307 e. The molecule has 0 aliphatic rings. The summed E-state index contributed by atoms with van der Waals surface area (Å²) in [7, 11) is 0. The molecule has 0 spiro atoms. The highest BCUT2D eigenvalue weighted by Crippen LogP contribution is 2.34. The lowest BCUT2D eigenvalue weighted by atomic mass is 10.1. The van der Waals surface area contributed by atoms with E-state index in [1.165, 1.54) is 36.4 Å². The van der Waals surface area contributed by atoms with E-state index in [0.29, 0.717) is 0 Å². The summed E-state index contributed by atoms with van der Waals surface area (Å²) >= 11 is 0. The number of aliphatic carboxylic acids is 1. The van der Waals surface area contributed by atoms with Crippen LogP contribution in [0.15, 0.2) is 42.5 Å². The number of hydrogen-bond donors (Lipinski definition) is 2. The zero-order chi connectivity index (χ0) is 13.8. The normalized spacial score (nSPS) is 10.2. The van der Waals surface area contributed by atoms with Gasteiger partial charge in [-0.2, -0.15) is 0 Å². The molecule has 2 aromatic rings. The summed E-state index contributed by atoms with van der Waals surface area (Å²) in [6.07, 6.45) is -0.333. The second kappa shape index (κ2) is 5.39. The van der Waals surface area contributed by atoms with Gasteiger partial charge in [-0.25, -0.2) is 4.39 Å². The molecule has 0 radical (unpaired) electrons. The number of halogens is 1. The Bertz CT molecular complexity index is 610. The Balaban J connectivity index is 2.31. The number of rotatable bonds is 4. The molecule has 0 amide bonds. The molecule has 0 unspecified atom stereocenters. The minimum absolute atomic E-state index is 0.0175. The molecule has 0 fully saturated rings. The summed E-state index contributed by atoms with van der Waals surface area (Å²) in [6.45, 7) is 0. The van der Waals surface area contributed by atoms with Crippen molar-refractivity contribution < 1.29 is 24.1 Å². The fraction of sp³-hybridized carbons (Fsp3) is 0.0714. The van der Waals surface area contributed by atoms with E-state index >= 15 is 0 Å². The SMILES string of the molecule is O=C(O)Cc1cccc(Oc2ccccc2F)c1O. The number of phenols is 1. The molecule has 0 atom stereocenters. The molecule has 0 bridgehead atoms. The number of phenolic OH excluding ortho intramolecular Hbond substituents is 1. The van der Waals surface area contributed by atoms with Crippen molar-refractivity contribution in [2.24, 2.45) is 0 Å². The summed E-state index contributed by atoms with van der Waals surface area (Å²) in [6, 6.07) is 10.2. The predicted molar refractivity (Wildman–Crippen MR) is 65.9 cm³/mol. The number of benzene rings is 2. The number of carboxylic acids is 1. The lowest BCUT2D eigenvalue weighted by Crippen LogP contribution is -2.00. The molecular weight excluding hydrogens is 251 g/mol. The Morgan fingerprint density at radius 2 is 1.79 bits per heavy atom. The Hall–Kier alpha value is -2.56. The maximum Gasteiger partial charge on any atom is 0.307 e. The van der Waals surface area contributed by atoms with E-state index in [9.17, 15) is 14.3 Å². The van der Waals surface area contributed by atoms with Crippen LogP contribution in [0.2, 0.25) is 0 Å². The second-order valence-corrected chi connectivity index (χ2v) is 3.87. The zero-order valence-electron chi connectivity index (χ0n) is 9.84. The third-order valence-electron chi connectivity index (χ3n) is 2.48. The van der Waals surface area contributed by atoms with Gasteiger partial charge in [0.05, 0.1) is 6.42 Å². The zero-order valence-corrected chi connectivity index (χ0v) is 9.84. The highest BCUT2D eigenvalue weighted by molar-refractivity contribution is 5.72. The average Bonchev–Trinajstić information content (AvgIpc) is 2.36. The molecule has 0 saturated carbocycles. The van der Waals surface area contributed by atoms with E-state index < -0.39 is 11.8 Å². The summed E-state index contributed by atoms with van der Waals surface area (Å²) in [5, 5.41) is 18.6. The molecule has 2 aromatic carbocycles. The maximum atomic E-state index is 13.4. The van der Waals surface area contributed by atoms with Crippen LogP contribution >= 0.6 is 0 Å². The van der Waals surface area contributed by atoms with Crippen molar-refractivity contribution in [3.8, 4) is 17.2 Å². The predicted octanol–water partition coefficient (Wildman–Crippen LogP) is 2.95. The molecule has 5 heteroatoms. The minimum Gasteiger partial charge on any atom is -0.504 e. The fourth-order valence-electron chi connectivity index (χ4n) is 1.60. The van der Waals surface area contributed by atoms with Crippen LogP contribution in [0.5, 0.6) is 17.2 Å². The van der Waals surface area contributed by atoms with Gasteiger partial charge in [0.1, 0.15) is 0 Å². The fourth-order valence-corrected chi connectivity index (χ4v) is 1.60. The van der Waals surface area contributed by atoms with Crippen LogP contribution < -0.4 is 4.74 Å². The van der Waals surface area contributed by atoms with Gasteiger partial charge in [0.2, 0.25) is 0 Å². The van der Waals surface area contributed by atoms with Gasteiger partial charge >= 0.3 is 5.97 Å². The van der Waals surface area contributed by atoms with Crippen LogP contribution in [0.25, 0.3) is 0 Å². The van der Waals surface area contributed by atoms with E-state index in [1.807, 2.05) is 0 Å². The van der Waals surface area contributed by atoms with Crippen molar-refractivity contribution in [3.05, 3.63) is 53.8 Å². The Labute approximate surface area is 108 Å². The minimum atomic E-state index is -1.07. The number of carboxylic acid groups (broad SMARTS) is 1. The van der Waals surface area contributed by atoms with Crippen molar-refractivity contribution in [2.45, 2.75) is 6.42 Å². The van der Waals surface area contributed by atoms with Crippen LogP contribution in [0.3, 0.4) is 0 Å². The van der Waals surface area contributed by atoms with E-state index in [4.69, 9.17) is 9.84 Å². The monoisotopic (exact) mass is 262 g/mol. The van der Waals surface area contributed by atoms with Gasteiger partial charge in [0, 0.05) is 5.56 Å². The van der Waals surface area contributed by atoms with Crippen LogP contribution in [-0.4, -0.2) is 16.2 Å². The van der Waals surface area contributed by atoms with Crippen molar-refractivity contribution in [1.82, 2.24) is 0 Å². The third kappa shape index (κ3) is 3.01. The quantitative estimate of drug-likeness (QED) is 0.889. The van der Waals surface area contributed by atoms with Gasteiger partial charge in [-0.1, -0.05) is 24.3 Å². The molecule has 2 rings (SSSR count). The number of ether oxygens (including phenoxy) is 1. The van der Waals surface area contributed by atoms with E-state index in [1.54, 1.807) is 6.07 Å². The molecule has 0 heterocycles. The van der Waals surface area contributed by atoms with Crippen molar-refractivity contribution in [3.63, 3.8) is 0 Å². The Morgan fingerprint density at radius 3 is 2.47 bits per heavy atom. The number of carbonyl (C=O) groups is 1. The first-order valence-corrected chi connectivity index (χ1v) is 5.53. The molecule has 0 aromatic heterocycles. The first-order chi connectivity index (χ1) is 9.08. The molecule has 0 saturated heterocycles. The van der Waals surface area contributed by atoms with E-state index in [2.05, 4.69) is 0 Å². The lowest BCUT2D eigenvalue weighted by molar-refractivity contribution is -0.136. The third-order valence-corrected chi connectivity index (χ3v) is 2.48. The van der Waals surface area contributed by atoms with Crippen LogP contribution in [-0.2, 0) is 11.2 Å². The second-order valence-electron chi connectivity index (χ2n) is 3.87. The Morgan fingerprint density at radius 1 is 1.11 bits per heavy atom. The van der Waals surface area contributed by atoms with Crippen LogP contribution in [0.1, 0.15) is 5.56 Å². The first-order valence-electron chi connectivity index (χ1n) is 5.53. The topological polar surface area (TPSA) is 66.8 Å². The summed E-state index contributed by atoms with van der Waals surface area (Å²) in [5.41, 5.74) is 0.210. The van der Waals surface area contributed by atoms with Crippen LogP contribution in [0, 0.1) is 5.82 Å². The van der Waals surface area contributed by atoms with Gasteiger partial charge in [-0.15, -0.1) is 0 Å². The molecule has 19 heavy (non-hydrogen) atoms. The van der Waals surface area contributed by atoms with E-state index in [-0.39, 0.29) is 29.2 Å². The van der Waals surface area contributed by atoms with E-state index in [0.717, 1.165) is 0 Å². The van der Waals surface area contributed by atoms with Gasteiger partial charge < -0.3 is 14.9 Å². The van der Waals surface area contributed by atoms with Gasteiger partial charge in [-0.05, 0) is 18.2 Å². The molecule has 4 nitrogen and oxygen atoms in total. The molecule has 2 N–H and O–H groups in total. The Kier molecular flexibility index (Phi) is 3.66. The standard InChI is InChI=1S/C14H11FO4/c15-10-5-1-2-6-11(10)19-12-7-3-4-9(14(12)18)8-13(16)17/h1-7,18H,8H2,(H,16,17). The maximum absolute atomic E-state index is 13.4. The number of aromatic hydroxyl groups is 1. The van der Waals surface area contributed by atoms with Crippen molar-refractivity contribution in [1.29, 1.82) is 0 Å². The highest BCUT2D eigenvalue weighted by atomic mass is 19.1. The summed E-state index contributed by atoms with van der Waals surface area (Å²) in [4.78, 5) is 10.6. The highest BCUT2D eigenvalue weighted by Gasteiger charge is 2.13. The first kappa shape index (κ1) is 12.9. The molecular formula is C14H11FO4. The van der Waals surface area contributed by atoms with Crippen LogP contribution in [0.4, 0.5) is 4.39 Å². The van der Waals surface area contributed by atoms with Crippen molar-refractivity contribution in [2.75, 3.05) is 0 Å². The molecule has 0 aliphatic carbocycles. The summed E-state index contributed by atoms with van der Waals surface area (Å²) in [5.74, 6) is -1.95. The molecule has 0 aliphatic heterocycles.